The molecular formula is C10H13N7O3. The Kier molecular flexibility index (Phi) is 4.37. The Hall–Kier alpha value is -2.78. The van der Waals surface area contributed by atoms with Crippen LogP contribution in [0.4, 0.5) is 17.5 Å². The number of nitrogens with zero attached hydrogens (tertiary/aromatic N) is 5. The molecule has 0 bridgehead atoms. The van der Waals surface area contributed by atoms with Gasteiger partial charge < -0.3 is 15.2 Å². The number of aromatic nitrogens is 4. The second-order valence-corrected chi connectivity index (χ2v) is 3.74. The molecule has 0 aliphatic carbocycles. The zero-order chi connectivity index (χ0) is 14.4. The average molecular weight is 279 g/mol. The van der Waals surface area contributed by atoms with Crippen molar-refractivity contribution >= 4 is 17.5 Å². The topological polar surface area (TPSA) is 132 Å². The molecule has 0 aromatic carbocycles. The Labute approximate surface area is 113 Å². The Morgan fingerprint density at radius 2 is 2.25 bits per heavy atom. The summed E-state index contributed by atoms with van der Waals surface area (Å²) < 4.78 is 4.60. The highest BCUT2D eigenvalue weighted by Crippen LogP contribution is 2.21. The maximum atomic E-state index is 10.9. The van der Waals surface area contributed by atoms with Crippen LogP contribution in [0.3, 0.4) is 0 Å². The lowest BCUT2D eigenvalue weighted by molar-refractivity contribution is -0.384. The summed E-state index contributed by atoms with van der Waals surface area (Å²) in [4.78, 5) is 22.2. The highest BCUT2D eigenvalue weighted by Gasteiger charge is 2.16. The van der Waals surface area contributed by atoms with Crippen molar-refractivity contribution in [3.63, 3.8) is 0 Å². The van der Waals surface area contributed by atoms with Crippen LogP contribution in [0.1, 0.15) is 12.7 Å². The van der Waals surface area contributed by atoms with E-state index in [0.29, 0.717) is 31.3 Å². The number of nitrogens with one attached hydrogen (secondary N) is 2. The van der Waals surface area contributed by atoms with E-state index >= 15 is 0 Å². The molecule has 20 heavy (non-hydrogen) atoms. The molecule has 0 saturated heterocycles. The molecule has 10 nitrogen and oxygen atoms in total. The molecule has 0 atom stereocenters. The molecule has 2 rings (SSSR count). The lowest BCUT2D eigenvalue weighted by atomic mass is 10.4. The van der Waals surface area contributed by atoms with Gasteiger partial charge in [-0.3, -0.25) is 10.1 Å². The van der Waals surface area contributed by atoms with Crippen molar-refractivity contribution in [2.24, 2.45) is 0 Å². The molecule has 2 N–H and O–H groups in total. The highest BCUT2D eigenvalue weighted by molar-refractivity contribution is 5.56. The minimum atomic E-state index is -0.535. The second kappa shape index (κ2) is 6.41. The smallest absolute Gasteiger partial charge is 0.329 e. The third-order valence-electron chi connectivity index (χ3n) is 2.35. The monoisotopic (exact) mass is 279 g/mol. The first-order valence-corrected chi connectivity index (χ1v) is 5.95. The van der Waals surface area contributed by atoms with Gasteiger partial charge in [-0.2, -0.15) is 9.97 Å². The normalized spacial score (nSPS) is 10.2. The van der Waals surface area contributed by atoms with Crippen LogP contribution in [0.15, 0.2) is 17.1 Å². The summed E-state index contributed by atoms with van der Waals surface area (Å²) in [5.41, 5.74) is -0.181. The summed E-state index contributed by atoms with van der Waals surface area (Å²) in [6, 6.07) is 0. The number of rotatable bonds is 7. The lowest BCUT2D eigenvalue weighted by Crippen LogP contribution is -2.11. The molecule has 0 saturated carbocycles. The first-order chi connectivity index (χ1) is 9.70. The van der Waals surface area contributed by atoms with Crippen LogP contribution in [0, 0.1) is 10.1 Å². The summed E-state index contributed by atoms with van der Waals surface area (Å²) in [5.74, 6) is 1.01. The standard InChI is InChI=1S/C10H13N7O3/c1-2-11-10-13-5-7(17(18)19)9(15-10)12-4-3-8-14-6-20-16-8/h5-6H,2-4H2,1H3,(H2,11,12,13,15). The summed E-state index contributed by atoms with van der Waals surface area (Å²) >= 11 is 0. The first-order valence-electron chi connectivity index (χ1n) is 5.95. The van der Waals surface area contributed by atoms with E-state index in [1.807, 2.05) is 6.92 Å². The summed E-state index contributed by atoms with van der Waals surface area (Å²) in [6.45, 7) is 2.90. The van der Waals surface area contributed by atoms with Gasteiger partial charge in [-0.1, -0.05) is 5.16 Å². The fourth-order valence-corrected chi connectivity index (χ4v) is 1.48. The maximum Gasteiger partial charge on any atom is 0.329 e. The van der Waals surface area contributed by atoms with Crippen molar-refractivity contribution in [3.05, 3.63) is 28.5 Å². The molecule has 0 aliphatic rings. The molecular weight excluding hydrogens is 266 g/mol. The van der Waals surface area contributed by atoms with Crippen molar-refractivity contribution in [3.8, 4) is 0 Å². The van der Waals surface area contributed by atoms with Gasteiger partial charge >= 0.3 is 5.69 Å². The van der Waals surface area contributed by atoms with Gasteiger partial charge in [-0.05, 0) is 6.92 Å². The number of hydrogen-bond acceptors (Lipinski definition) is 9. The Morgan fingerprint density at radius 1 is 1.40 bits per heavy atom. The lowest BCUT2D eigenvalue weighted by Gasteiger charge is -2.07. The van der Waals surface area contributed by atoms with Gasteiger partial charge in [0.1, 0.15) is 6.20 Å². The molecule has 0 amide bonds. The van der Waals surface area contributed by atoms with E-state index in [1.165, 1.54) is 12.6 Å². The third kappa shape index (κ3) is 3.37. The molecule has 106 valence electrons. The SMILES string of the molecule is CCNc1ncc([N+](=O)[O-])c(NCCc2ncon2)n1. The van der Waals surface area contributed by atoms with Crippen LogP contribution in [0.2, 0.25) is 0 Å². The van der Waals surface area contributed by atoms with E-state index in [0.717, 1.165) is 0 Å². The maximum absolute atomic E-state index is 10.9. The predicted octanol–water partition coefficient (Wildman–Crippen LogP) is 0.854. The Morgan fingerprint density at radius 3 is 2.90 bits per heavy atom. The Bertz CT molecular complexity index is 572. The summed E-state index contributed by atoms with van der Waals surface area (Å²) in [6.07, 6.45) is 2.86. The van der Waals surface area contributed by atoms with Crippen molar-refractivity contribution in [2.75, 3.05) is 23.7 Å². The predicted molar refractivity (Wildman–Crippen MR) is 69.3 cm³/mol. The van der Waals surface area contributed by atoms with Gasteiger partial charge in [0.05, 0.1) is 4.92 Å². The van der Waals surface area contributed by atoms with Crippen molar-refractivity contribution < 1.29 is 9.45 Å². The second-order valence-electron chi connectivity index (χ2n) is 3.74. The van der Waals surface area contributed by atoms with Gasteiger partial charge in [-0.25, -0.2) is 4.98 Å². The fraction of sp³-hybridized carbons (Fsp3) is 0.400. The van der Waals surface area contributed by atoms with Crippen LogP contribution in [0.25, 0.3) is 0 Å². The molecule has 0 fully saturated rings. The van der Waals surface area contributed by atoms with Crippen LogP contribution in [-0.4, -0.2) is 38.1 Å². The number of anilines is 2. The minimum absolute atomic E-state index is 0.157. The van der Waals surface area contributed by atoms with Crippen molar-refractivity contribution in [2.45, 2.75) is 13.3 Å². The highest BCUT2D eigenvalue weighted by atomic mass is 16.6. The van der Waals surface area contributed by atoms with Gasteiger partial charge in [0.25, 0.3) is 0 Å². The van der Waals surface area contributed by atoms with Crippen molar-refractivity contribution in [1.82, 2.24) is 20.1 Å². The van der Waals surface area contributed by atoms with Crippen LogP contribution < -0.4 is 10.6 Å². The van der Waals surface area contributed by atoms with E-state index in [4.69, 9.17) is 0 Å². The number of hydrogen-bond donors (Lipinski definition) is 2. The zero-order valence-electron chi connectivity index (χ0n) is 10.7. The minimum Gasteiger partial charge on any atom is -0.364 e. The molecule has 0 radical (unpaired) electrons. The molecule has 2 heterocycles. The largest absolute Gasteiger partial charge is 0.364 e. The summed E-state index contributed by atoms with van der Waals surface area (Å²) in [5, 5.41) is 20.3. The van der Waals surface area contributed by atoms with Gasteiger partial charge in [0, 0.05) is 19.5 Å². The van der Waals surface area contributed by atoms with Gasteiger partial charge in [0.2, 0.25) is 18.2 Å². The van der Waals surface area contributed by atoms with E-state index in [1.54, 1.807) is 0 Å². The molecule has 0 aliphatic heterocycles. The van der Waals surface area contributed by atoms with Gasteiger partial charge in [0.15, 0.2) is 5.82 Å². The molecule has 2 aromatic heterocycles. The molecule has 10 heteroatoms. The summed E-state index contributed by atoms with van der Waals surface area (Å²) in [7, 11) is 0. The van der Waals surface area contributed by atoms with Gasteiger partial charge in [-0.15, -0.1) is 0 Å². The first kappa shape index (κ1) is 13.6. The molecule has 0 spiro atoms. The van der Waals surface area contributed by atoms with E-state index in [9.17, 15) is 10.1 Å². The zero-order valence-corrected chi connectivity index (χ0v) is 10.7. The van der Waals surface area contributed by atoms with E-state index in [2.05, 4.69) is 35.3 Å². The van der Waals surface area contributed by atoms with Crippen LogP contribution >= 0.6 is 0 Å². The number of nitro groups is 1. The molecule has 0 unspecified atom stereocenters. The van der Waals surface area contributed by atoms with E-state index in [-0.39, 0.29) is 11.5 Å². The molecule has 2 aromatic rings. The van der Waals surface area contributed by atoms with E-state index < -0.39 is 4.92 Å². The van der Waals surface area contributed by atoms with Crippen molar-refractivity contribution in [1.29, 1.82) is 0 Å². The third-order valence-corrected chi connectivity index (χ3v) is 2.35. The fourth-order valence-electron chi connectivity index (χ4n) is 1.48. The van der Waals surface area contributed by atoms with Crippen LogP contribution in [0.5, 0.6) is 0 Å². The quantitative estimate of drug-likeness (QED) is 0.559. The average Bonchev–Trinajstić information content (AvgIpc) is 2.92. The van der Waals surface area contributed by atoms with Crippen LogP contribution in [-0.2, 0) is 6.42 Å². The Balaban J connectivity index is 2.06.